The number of aldehydes is 1. The predicted molar refractivity (Wildman–Crippen MR) is 89.9 cm³/mol. The number of fused-ring (bicyclic) bond motifs is 1. The van der Waals surface area contributed by atoms with E-state index in [0.717, 1.165) is 6.29 Å². The van der Waals surface area contributed by atoms with E-state index in [9.17, 15) is 4.79 Å². The third-order valence-corrected chi connectivity index (χ3v) is 4.46. The van der Waals surface area contributed by atoms with Crippen LogP contribution in [0, 0.1) is 13.8 Å². The lowest BCUT2D eigenvalue weighted by atomic mass is 9.66. The Morgan fingerprint density at radius 3 is 1.81 bits per heavy atom. The highest BCUT2D eigenvalue weighted by atomic mass is 16.1. The Morgan fingerprint density at radius 1 is 0.905 bits per heavy atom. The van der Waals surface area contributed by atoms with Crippen molar-refractivity contribution in [1.29, 1.82) is 0 Å². The SMILES string of the molecule is Cc1cc2c(cc1C)N(C)B(c1ccc(C=O)cc1)N2C. The smallest absolute Gasteiger partial charge is 0.393 e. The summed E-state index contributed by atoms with van der Waals surface area (Å²) in [6.45, 7) is 4.47. The highest BCUT2D eigenvalue weighted by Gasteiger charge is 2.37. The molecular weight excluding hydrogens is 259 g/mol. The van der Waals surface area contributed by atoms with Gasteiger partial charge in [0.1, 0.15) is 6.29 Å². The number of anilines is 2. The van der Waals surface area contributed by atoms with E-state index < -0.39 is 0 Å². The van der Waals surface area contributed by atoms with E-state index in [4.69, 9.17) is 0 Å². The van der Waals surface area contributed by atoms with Crippen LogP contribution in [0.2, 0.25) is 0 Å². The lowest BCUT2D eigenvalue weighted by Crippen LogP contribution is -2.53. The Balaban J connectivity index is 2.03. The maximum Gasteiger partial charge on any atom is 0.411 e. The molecule has 0 spiro atoms. The van der Waals surface area contributed by atoms with Crippen LogP contribution in [-0.4, -0.2) is 27.4 Å². The fraction of sp³-hybridized carbons (Fsp3) is 0.235. The van der Waals surface area contributed by atoms with E-state index in [2.05, 4.69) is 49.7 Å². The molecule has 1 heterocycles. The van der Waals surface area contributed by atoms with Gasteiger partial charge in [-0.3, -0.25) is 4.79 Å². The molecule has 2 aromatic rings. The molecule has 0 saturated carbocycles. The minimum atomic E-state index is 0.168. The maximum atomic E-state index is 10.8. The molecule has 0 N–H and O–H groups in total. The Bertz CT molecular complexity index is 662. The molecular formula is C17H19BN2O. The van der Waals surface area contributed by atoms with Crippen LogP contribution in [0.4, 0.5) is 11.4 Å². The summed E-state index contributed by atoms with van der Waals surface area (Å²) in [5.74, 6) is 0. The number of carbonyl (C=O) groups is 1. The van der Waals surface area contributed by atoms with Crippen LogP contribution in [0.15, 0.2) is 36.4 Å². The summed E-state index contributed by atoms with van der Waals surface area (Å²) < 4.78 is 0. The van der Waals surface area contributed by atoms with Gasteiger partial charge < -0.3 is 9.62 Å². The molecule has 0 bridgehead atoms. The number of hydrogen-bond acceptors (Lipinski definition) is 3. The average Bonchev–Trinajstić information content (AvgIpc) is 2.72. The second kappa shape index (κ2) is 4.95. The fourth-order valence-electron chi connectivity index (χ4n) is 3.07. The molecule has 0 fully saturated rings. The molecule has 0 atom stereocenters. The zero-order valence-corrected chi connectivity index (χ0v) is 12.9. The van der Waals surface area contributed by atoms with Gasteiger partial charge in [0.2, 0.25) is 0 Å². The van der Waals surface area contributed by atoms with Crippen LogP contribution in [0.25, 0.3) is 0 Å². The topological polar surface area (TPSA) is 23.6 Å². The van der Waals surface area contributed by atoms with Gasteiger partial charge >= 0.3 is 6.98 Å². The van der Waals surface area contributed by atoms with Crippen molar-refractivity contribution in [2.45, 2.75) is 13.8 Å². The summed E-state index contributed by atoms with van der Waals surface area (Å²) in [7, 11) is 4.24. The molecule has 1 aliphatic rings. The van der Waals surface area contributed by atoms with E-state index in [-0.39, 0.29) is 6.98 Å². The highest BCUT2D eigenvalue weighted by Crippen LogP contribution is 2.37. The maximum absolute atomic E-state index is 10.8. The first-order valence-corrected chi connectivity index (χ1v) is 7.15. The Morgan fingerprint density at radius 2 is 1.38 bits per heavy atom. The molecule has 0 amide bonds. The van der Waals surface area contributed by atoms with Gasteiger partial charge in [0.05, 0.1) is 0 Å². The van der Waals surface area contributed by atoms with E-state index in [1.54, 1.807) is 0 Å². The summed E-state index contributed by atoms with van der Waals surface area (Å²) in [5.41, 5.74) is 7.04. The van der Waals surface area contributed by atoms with Gasteiger partial charge in [-0.1, -0.05) is 24.3 Å². The lowest BCUT2D eigenvalue weighted by Gasteiger charge is -2.23. The van der Waals surface area contributed by atoms with Crippen molar-refractivity contribution in [3.05, 3.63) is 53.1 Å². The zero-order chi connectivity index (χ0) is 15.1. The van der Waals surface area contributed by atoms with Crippen molar-refractivity contribution in [1.82, 2.24) is 0 Å². The largest absolute Gasteiger partial charge is 0.411 e. The second-order valence-corrected chi connectivity index (χ2v) is 5.81. The van der Waals surface area contributed by atoms with E-state index in [1.165, 1.54) is 28.0 Å². The van der Waals surface area contributed by atoms with Crippen molar-refractivity contribution in [3.8, 4) is 0 Å². The third kappa shape index (κ3) is 2.11. The molecule has 3 nitrogen and oxygen atoms in total. The molecule has 1 aliphatic heterocycles. The van der Waals surface area contributed by atoms with Crippen molar-refractivity contribution in [3.63, 3.8) is 0 Å². The number of nitrogens with zero attached hydrogens (tertiary/aromatic N) is 2. The van der Waals surface area contributed by atoms with Crippen LogP contribution in [0.1, 0.15) is 21.5 Å². The molecule has 21 heavy (non-hydrogen) atoms. The number of aryl methyl sites for hydroxylation is 2. The summed E-state index contributed by atoms with van der Waals surface area (Å²) in [6.07, 6.45) is 0.882. The van der Waals surface area contributed by atoms with Crippen LogP contribution in [-0.2, 0) is 0 Å². The molecule has 2 aromatic carbocycles. The first-order valence-electron chi connectivity index (χ1n) is 7.15. The lowest BCUT2D eigenvalue weighted by molar-refractivity contribution is 0.112. The molecule has 4 heteroatoms. The first-order chi connectivity index (χ1) is 10.0. The molecule has 0 aromatic heterocycles. The van der Waals surface area contributed by atoms with E-state index >= 15 is 0 Å². The Kier molecular flexibility index (Phi) is 3.24. The van der Waals surface area contributed by atoms with Gasteiger partial charge in [-0.2, -0.15) is 0 Å². The summed E-state index contributed by atoms with van der Waals surface area (Å²) >= 11 is 0. The van der Waals surface area contributed by atoms with Gasteiger partial charge in [-0.05, 0) is 56.7 Å². The van der Waals surface area contributed by atoms with Crippen molar-refractivity contribution >= 4 is 30.1 Å². The van der Waals surface area contributed by atoms with E-state index in [0.29, 0.717) is 5.56 Å². The molecule has 0 saturated heterocycles. The summed E-state index contributed by atoms with van der Waals surface area (Å²) in [5, 5.41) is 0. The number of rotatable bonds is 2. The van der Waals surface area contributed by atoms with Crippen LogP contribution < -0.4 is 15.1 Å². The Hall–Kier alpha value is -2.23. The molecule has 0 unspecified atom stereocenters. The van der Waals surface area contributed by atoms with E-state index in [1.807, 2.05) is 24.3 Å². The Labute approximate surface area is 126 Å². The van der Waals surface area contributed by atoms with Crippen LogP contribution in [0.3, 0.4) is 0 Å². The van der Waals surface area contributed by atoms with Gasteiger partial charge in [-0.15, -0.1) is 0 Å². The molecule has 3 rings (SSSR count). The standard InChI is InChI=1S/C17H19BN2O/c1-12-9-16-17(10-13(12)2)20(4)18(19(16)3)15-7-5-14(11-21)6-8-15/h5-11H,1-4H3. The van der Waals surface area contributed by atoms with Crippen molar-refractivity contribution in [2.24, 2.45) is 0 Å². The number of benzene rings is 2. The third-order valence-electron chi connectivity index (χ3n) is 4.46. The minimum Gasteiger partial charge on any atom is -0.393 e. The monoisotopic (exact) mass is 278 g/mol. The molecule has 106 valence electrons. The minimum absolute atomic E-state index is 0.168. The molecule has 0 radical (unpaired) electrons. The second-order valence-electron chi connectivity index (χ2n) is 5.81. The first kappa shape index (κ1) is 13.7. The molecule has 0 aliphatic carbocycles. The zero-order valence-electron chi connectivity index (χ0n) is 12.9. The van der Waals surface area contributed by atoms with Crippen LogP contribution >= 0.6 is 0 Å². The van der Waals surface area contributed by atoms with Gasteiger partial charge in [0.15, 0.2) is 0 Å². The summed E-state index contributed by atoms with van der Waals surface area (Å²) in [6, 6.07) is 12.3. The summed E-state index contributed by atoms with van der Waals surface area (Å²) in [4.78, 5) is 15.4. The van der Waals surface area contributed by atoms with Gasteiger partial charge in [-0.25, -0.2) is 0 Å². The van der Waals surface area contributed by atoms with Crippen molar-refractivity contribution < 1.29 is 4.79 Å². The number of carbonyl (C=O) groups excluding carboxylic acids is 1. The van der Waals surface area contributed by atoms with Crippen LogP contribution in [0.5, 0.6) is 0 Å². The highest BCUT2D eigenvalue weighted by molar-refractivity contribution is 6.81. The fourth-order valence-corrected chi connectivity index (χ4v) is 3.07. The predicted octanol–water partition coefficient (Wildman–Crippen LogP) is 2.40. The number of hydrogen-bond donors (Lipinski definition) is 0. The average molecular weight is 278 g/mol. The van der Waals surface area contributed by atoms with Crippen molar-refractivity contribution in [2.75, 3.05) is 23.7 Å². The van der Waals surface area contributed by atoms with Gasteiger partial charge in [0, 0.05) is 16.9 Å². The normalized spacial score (nSPS) is 13.6. The quantitative estimate of drug-likeness (QED) is 0.622. The van der Waals surface area contributed by atoms with Gasteiger partial charge in [0.25, 0.3) is 0 Å².